The van der Waals surface area contributed by atoms with Crippen molar-refractivity contribution >= 4 is 56.9 Å². The lowest BCUT2D eigenvalue weighted by atomic mass is 9.74. The molecule has 4 aliphatic heterocycles. The molecule has 0 aliphatic carbocycles. The van der Waals surface area contributed by atoms with Gasteiger partial charge in [0.15, 0.2) is 0 Å². The van der Waals surface area contributed by atoms with Gasteiger partial charge in [-0.1, -0.05) is 89.1 Å². The van der Waals surface area contributed by atoms with Gasteiger partial charge in [0.1, 0.15) is 24.4 Å². The molecule has 6 rings (SSSR count). The number of anilines is 1. The lowest BCUT2D eigenvalue weighted by Crippen LogP contribution is -2.58. The topological polar surface area (TPSA) is 125 Å². The summed E-state index contributed by atoms with van der Waals surface area (Å²) >= 11 is 10.2. The van der Waals surface area contributed by atoms with Crippen molar-refractivity contribution < 1.29 is 33.8 Å². The number of halogens is 2. The van der Waals surface area contributed by atoms with Crippen molar-refractivity contribution in [2.45, 2.75) is 56.0 Å². The molecule has 0 unspecified atom stereocenters. The van der Waals surface area contributed by atoms with Crippen molar-refractivity contribution in [1.82, 2.24) is 10.2 Å². The molecule has 12 heteroatoms. The molecule has 2 fully saturated rings. The van der Waals surface area contributed by atoms with E-state index in [0.717, 1.165) is 5.56 Å². The van der Waals surface area contributed by atoms with Crippen LogP contribution in [0.25, 0.3) is 0 Å². The second kappa shape index (κ2) is 13.3. The van der Waals surface area contributed by atoms with Crippen molar-refractivity contribution in [3.8, 4) is 0 Å². The maximum atomic E-state index is 14.9. The van der Waals surface area contributed by atoms with Crippen LogP contribution in [0.15, 0.2) is 77.3 Å². The van der Waals surface area contributed by atoms with Crippen molar-refractivity contribution in [1.29, 1.82) is 0 Å². The van der Waals surface area contributed by atoms with Crippen molar-refractivity contribution in [2.75, 3.05) is 24.7 Å². The number of benzene rings is 2. The predicted molar refractivity (Wildman–Crippen MR) is 174 cm³/mol. The Balaban J connectivity index is 1.48. The Kier molecular flexibility index (Phi) is 9.38. The molecular formula is C34H35BrClN3O7. The average molecular weight is 713 g/mol. The Morgan fingerprint density at radius 2 is 1.80 bits per heavy atom. The summed E-state index contributed by atoms with van der Waals surface area (Å²) in [4.78, 5) is 59.3. The number of amides is 3. The highest BCUT2D eigenvalue weighted by atomic mass is 79.9. The number of carbonyl (C=O) groups excluding carboxylic acids is 4. The van der Waals surface area contributed by atoms with Crippen molar-refractivity contribution in [3.05, 3.63) is 87.9 Å². The van der Waals surface area contributed by atoms with Crippen LogP contribution in [0.1, 0.15) is 37.8 Å². The number of fused-ring (bicyclic) bond motifs is 2. The average Bonchev–Trinajstić information content (AvgIpc) is 3.65. The normalized spacial score (nSPS) is 31.3. The van der Waals surface area contributed by atoms with Crippen molar-refractivity contribution in [2.24, 2.45) is 11.8 Å². The first-order valence-electron chi connectivity index (χ1n) is 15.4. The van der Waals surface area contributed by atoms with E-state index < -0.39 is 65.4 Å². The Morgan fingerprint density at radius 1 is 1.07 bits per heavy atom. The monoisotopic (exact) mass is 711 g/mol. The number of carbonyl (C=O) groups is 4. The Bertz CT molecular complexity index is 1580. The van der Waals surface area contributed by atoms with Crippen LogP contribution >= 0.6 is 27.5 Å². The maximum absolute atomic E-state index is 14.9. The number of rotatable bonds is 5. The van der Waals surface area contributed by atoms with Crippen LogP contribution in [-0.2, 0) is 28.7 Å². The minimum atomic E-state index is -1.49. The number of cyclic esters (lactones) is 1. The number of hydrogen-bond acceptors (Lipinski definition) is 7. The second-order valence-electron chi connectivity index (χ2n) is 11.9. The van der Waals surface area contributed by atoms with Crippen LogP contribution < -0.4 is 10.2 Å². The number of allylic oxidation sites excluding steroid dienone is 1. The quantitative estimate of drug-likeness (QED) is 0.354. The van der Waals surface area contributed by atoms with E-state index in [2.05, 4.69) is 21.2 Å². The van der Waals surface area contributed by atoms with E-state index >= 15 is 0 Å². The molecule has 7 atom stereocenters. The number of para-hydroxylation sites is 1. The molecule has 3 amide bonds. The fourth-order valence-electron chi connectivity index (χ4n) is 7.09. The van der Waals surface area contributed by atoms with E-state index in [1.54, 1.807) is 42.5 Å². The molecule has 2 aromatic carbocycles. The molecular weight excluding hydrogens is 678 g/mol. The highest BCUT2D eigenvalue weighted by molar-refractivity contribution is 9.11. The molecule has 2 aromatic rings. The molecule has 5 bridgehead atoms. The molecule has 0 aromatic heterocycles. The Labute approximate surface area is 280 Å². The summed E-state index contributed by atoms with van der Waals surface area (Å²) in [7, 11) is 0. The molecule has 1 spiro atoms. The molecule has 242 valence electrons. The first-order valence-corrected chi connectivity index (χ1v) is 16.6. The maximum Gasteiger partial charge on any atom is 0.306 e. The van der Waals surface area contributed by atoms with Crippen LogP contribution in [0, 0.1) is 11.8 Å². The van der Waals surface area contributed by atoms with Crippen LogP contribution in [0.3, 0.4) is 0 Å². The minimum absolute atomic E-state index is 0.0844. The highest BCUT2D eigenvalue weighted by Crippen LogP contribution is 2.59. The van der Waals surface area contributed by atoms with Gasteiger partial charge in [-0.2, -0.15) is 0 Å². The molecule has 0 saturated carbocycles. The van der Waals surface area contributed by atoms with E-state index in [-0.39, 0.29) is 26.2 Å². The summed E-state index contributed by atoms with van der Waals surface area (Å²) in [6.07, 6.45) is 5.30. The van der Waals surface area contributed by atoms with Gasteiger partial charge >= 0.3 is 5.97 Å². The zero-order chi connectivity index (χ0) is 32.6. The summed E-state index contributed by atoms with van der Waals surface area (Å²) in [5.74, 6) is -3.88. The molecule has 46 heavy (non-hydrogen) atoms. The van der Waals surface area contributed by atoms with Gasteiger partial charge in [-0.05, 0) is 36.6 Å². The fourth-order valence-corrected chi connectivity index (χ4v) is 8.06. The van der Waals surface area contributed by atoms with Gasteiger partial charge in [-0.15, -0.1) is 0 Å². The summed E-state index contributed by atoms with van der Waals surface area (Å²) in [5, 5.41) is 13.8. The van der Waals surface area contributed by atoms with Gasteiger partial charge in [0.05, 0.1) is 41.2 Å². The van der Waals surface area contributed by atoms with Gasteiger partial charge in [-0.25, -0.2) is 0 Å². The highest BCUT2D eigenvalue weighted by Gasteiger charge is 2.75. The summed E-state index contributed by atoms with van der Waals surface area (Å²) in [6, 6.07) is 13.4. The molecule has 4 aliphatic rings. The van der Waals surface area contributed by atoms with Gasteiger partial charge in [0, 0.05) is 17.4 Å². The third kappa shape index (κ3) is 5.57. The number of esters is 1. The van der Waals surface area contributed by atoms with Gasteiger partial charge < -0.3 is 29.7 Å². The van der Waals surface area contributed by atoms with Gasteiger partial charge in [0.2, 0.25) is 11.8 Å². The number of nitrogens with zero attached hydrogens (tertiary/aromatic N) is 2. The fraction of sp³-hybridized carbons (Fsp3) is 0.412. The number of hydrogen-bond donors (Lipinski definition) is 2. The lowest BCUT2D eigenvalue weighted by Gasteiger charge is -2.38. The number of aliphatic hydroxyl groups is 1. The third-order valence-electron chi connectivity index (χ3n) is 9.28. The first-order chi connectivity index (χ1) is 22.2. The summed E-state index contributed by atoms with van der Waals surface area (Å²) in [5.41, 5.74) is -0.339. The Hall–Kier alpha value is -3.51. The largest absolute Gasteiger partial charge is 0.463 e. The summed E-state index contributed by atoms with van der Waals surface area (Å²) < 4.78 is 12.7. The van der Waals surface area contributed by atoms with Crippen LogP contribution in [0.5, 0.6) is 0 Å². The number of likely N-dealkylation sites (tertiary alicyclic amines) is 1. The van der Waals surface area contributed by atoms with Crippen LogP contribution in [-0.4, -0.2) is 77.2 Å². The number of ether oxygens (including phenoxy) is 2. The van der Waals surface area contributed by atoms with Crippen LogP contribution in [0.2, 0.25) is 5.02 Å². The van der Waals surface area contributed by atoms with Gasteiger partial charge in [0.25, 0.3) is 5.91 Å². The van der Waals surface area contributed by atoms with E-state index in [9.17, 15) is 24.3 Å². The summed E-state index contributed by atoms with van der Waals surface area (Å²) in [6.45, 7) is 1.43. The van der Waals surface area contributed by atoms with Crippen molar-refractivity contribution in [3.63, 3.8) is 0 Å². The number of aliphatic hydroxyl groups excluding tert-OH is 1. The third-order valence-corrected chi connectivity index (χ3v) is 10.3. The van der Waals surface area contributed by atoms with E-state index in [4.69, 9.17) is 21.1 Å². The second-order valence-corrected chi connectivity index (χ2v) is 13.2. The van der Waals surface area contributed by atoms with Gasteiger partial charge in [-0.3, -0.25) is 19.2 Å². The molecule has 2 N–H and O–H groups in total. The zero-order valence-corrected chi connectivity index (χ0v) is 27.5. The minimum Gasteiger partial charge on any atom is -0.463 e. The van der Waals surface area contributed by atoms with Crippen LogP contribution in [0.4, 0.5) is 5.69 Å². The molecule has 4 heterocycles. The first kappa shape index (κ1) is 32.4. The Morgan fingerprint density at radius 3 is 2.52 bits per heavy atom. The van der Waals surface area contributed by atoms with E-state index in [0.29, 0.717) is 28.0 Å². The molecule has 10 nitrogen and oxygen atoms in total. The number of nitrogens with one attached hydrogen (secondary N) is 1. The molecule has 2 saturated heterocycles. The SMILES string of the molecule is CC[C@@H](CO)N1C(=O)[C@H]2[C@@H]3C(=O)N[C@H](c4ccccc4)COC(=O)CC/C=C\CN(c4ccccc4Cl)C(=O)[C@H]1[C@@]21C=C(Br)[C@@H]3O1. The smallest absolute Gasteiger partial charge is 0.306 e. The van der Waals surface area contributed by atoms with E-state index in [1.165, 1.54) is 9.80 Å². The lowest BCUT2D eigenvalue weighted by molar-refractivity contribution is -0.146. The van der Waals surface area contributed by atoms with E-state index in [1.807, 2.05) is 37.3 Å². The predicted octanol–water partition coefficient (Wildman–Crippen LogP) is 4.07. The molecule has 0 radical (unpaired) electrons. The zero-order valence-electron chi connectivity index (χ0n) is 25.2. The standard InChI is InChI=1S/C34H35BrClN3O7/c1-2-21(18-40)39-30-33(44)38(25-14-9-8-13-23(25)36)16-10-4-7-15-26(41)45-19-24(20-11-5-3-6-12-20)37-31(42)27-28(32(39)43)34(30)17-22(35)29(27)46-34/h3-6,8-14,17,21,24,27-30,40H,2,7,15-16,18-19H2,1H3,(H,37,42)/b10-4-/t21-,24-,27-,28+,29-,30-,34+/m0/s1.